The fourth-order valence-electron chi connectivity index (χ4n) is 2.91. The topological polar surface area (TPSA) is 231 Å². The fourth-order valence-corrected chi connectivity index (χ4v) is 3.17. The lowest BCUT2D eigenvalue weighted by molar-refractivity contribution is -0.143. The number of primary amides is 1. The lowest BCUT2D eigenvalue weighted by atomic mass is 10.0. The number of hydrogen-bond acceptors (Lipinski definition) is 8. The summed E-state index contributed by atoms with van der Waals surface area (Å²) in [5.74, 6) is -6.29. The Hall–Kier alpha value is -3.65. The van der Waals surface area contributed by atoms with E-state index in [1.807, 2.05) is 0 Å². The Kier molecular flexibility index (Phi) is 12.2. The van der Waals surface area contributed by atoms with Crippen LogP contribution in [0.25, 0.3) is 0 Å². The summed E-state index contributed by atoms with van der Waals surface area (Å²) < 4.78 is 0. The molecule has 4 atom stereocenters. The lowest BCUT2D eigenvalue weighted by Gasteiger charge is -2.24. The van der Waals surface area contributed by atoms with E-state index in [2.05, 4.69) is 28.6 Å². The zero-order chi connectivity index (χ0) is 26.5. The van der Waals surface area contributed by atoms with E-state index < -0.39 is 72.6 Å². The molecule has 0 aromatic heterocycles. The van der Waals surface area contributed by atoms with Gasteiger partial charge in [0.05, 0.1) is 12.5 Å². The summed E-state index contributed by atoms with van der Waals surface area (Å²) in [6.07, 6.45) is -1.36. The molecule has 0 aliphatic heterocycles. The summed E-state index contributed by atoms with van der Waals surface area (Å²) in [5.41, 5.74) is 11.2. The number of hydrogen-bond donors (Lipinski definition) is 8. The van der Waals surface area contributed by atoms with Crippen LogP contribution in [0.2, 0.25) is 0 Å². The highest BCUT2D eigenvalue weighted by Gasteiger charge is 2.30. The second kappa shape index (κ2) is 14.6. The SMILES string of the molecule is NC(=O)CC(N)C(=O)NC(CS)C(=O)NC(CCC(=O)O)C(=O)NC(Cc1ccccc1)C(=O)O. The zero-order valence-electron chi connectivity index (χ0n) is 18.7. The maximum atomic E-state index is 12.8. The van der Waals surface area contributed by atoms with E-state index in [-0.39, 0.29) is 18.6 Å². The third-order valence-corrected chi connectivity index (χ3v) is 5.12. The molecule has 0 aliphatic carbocycles. The highest BCUT2D eigenvalue weighted by atomic mass is 32.1. The molecule has 0 fully saturated rings. The van der Waals surface area contributed by atoms with E-state index >= 15 is 0 Å². The largest absolute Gasteiger partial charge is 0.481 e. The van der Waals surface area contributed by atoms with Crippen molar-refractivity contribution < 1.29 is 39.0 Å². The molecule has 14 heteroatoms. The van der Waals surface area contributed by atoms with Gasteiger partial charge in [-0.2, -0.15) is 12.6 Å². The van der Waals surface area contributed by atoms with Crippen LogP contribution in [0.15, 0.2) is 30.3 Å². The predicted molar refractivity (Wildman–Crippen MR) is 126 cm³/mol. The molecule has 0 radical (unpaired) electrons. The second-order valence-electron chi connectivity index (χ2n) is 7.60. The summed E-state index contributed by atoms with van der Waals surface area (Å²) in [6, 6.07) is 3.12. The van der Waals surface area contributed by atoms with E-state index in [9.17, 15) is 33.9 Å². The molecule has 1 rings (SSSR count). The third kappa shape index (κ3) is 10.9. The van der Waals surface area contributed by atoms with Gasteiger partial charge < -0.3 is 37.6 Å². The van der Waals surface area contributed by atoms with Crippen molar-refractivity contribution in [2.75, 3.05) is 5.75 Å². The van der Waals surface area contributed by atoms with E-state index in [1.165, 1.54) is 0 Å². The number of nitrogens with one attached hydrogen (secondary N) is 3. The summed E-state index contributed by atoms with van der Waals surface area (Å²) in [7, 11) is 0. The zero-order valence-corrected chi connectivity index (χ0v) is 19.6. The second-order valence-corrected chi connectivity index (χ2v) is 7.97. The van der Waals surface area contributed by atoms with Gasteiger partial charge in [0, 0.05) is 18.6 Å². The van der Waals surface area contributed by atoms with E-state index in [0.29, 0.717) is 5.56 Å². The van der Waals surface area contributed by atoms with Crippen molar-refractivity contribution in [2.24, 2.45) is 11.5 Å². The first-order chi connectivity index (χ1) is 16.4. The van der Waals surface area contributed by atoms with Crippen molar-refractivity contribution >= 4 is 48.2 Å². The molecule has 9 N–H and O–H groups in total. The van der Waals surface area contributed by atoms with Gasteiger partial charge in [0.15, 0.2) is 0 Å². The summed E-state index contributed by atoms with van der Waals surface area (Å²) >= 11 is 3.98. The van der Waals surface area contributed by atoms with Gasteiger partial charge in [-0.15, -0.1) is 0 Å². The van der Waals surface area contributed by atoms with Crippen LogP contribution in [0.4, 0.5) is 0 Å². The molecule has 4 unspecified atom stereocenters. The van der Waals surface area contributed by atoms with Crippen LogP contribution in [-0.2, 0) is 35.2 Å². The highest BCUT2D eigenvalue weighted by Crippen LogP contribution is 2.06. The highest BCUT2D eigenvalue weighted by molar-refractivity contribution is 7.80. The molecule has 0 bridgehead atoms. The van der Waals surface area contributed by atoms with E-state index in [4.69, 9.17) is 16.6 Å². The van der Waals surface area contributed by atoms with Crippen LogP contribution in [0.3, 0.4) is 0 Å². The minimum absolute atomic E-state index is 0.0470. The first-order valence-electron chi connectivity index (χ1n) is 10.5. The van der Waals surface area contributed by atoms with Crippen LogP contribution in [0, 0.1) is 0 Å². The van der Waals surface area contributed by atoms with Gasteiger partial charge in [-0.05, 0) is 12.0 Å². The molecular weight excluding hydrogens is 482 g/mol. The molecule has 0 heterocycles. The van der Waals surface area contributed by atoms with Gasteiger partial charge in [-0.3, -0.25) is 24.0 Å². The summed E-state index contributed by atoms with van der Waals surface area (Å²) in [6.45, 7) is 0. The van der Waals surface area contributed by atoms with Gasteiger partial charge in [-0.1, -0.05) is 30.3 Å². The maximum Gasteiger partial charge on any atom is 0.326 e. The number of benzene rings is 1. The van der Waals surface area contributed by atoms with Gasteiger partial charge in [0.2, 0.25) is 23.6 Å². The summed E-state index contributed by atoms with van der Waals surface area (Å²) in [5, 5.41) is 25.4. The average Bonchev–Trinajstić information content (AvgIpc) is 2.79. The molecule has 35 heavy (non-hydrogen) atoms. The van der Waals surface area contributed by atoms with Crippen LogP contribution in [0.5, 0.6) is 0 Å². The summed E-state index contributed by atoms with van der Waals surface area (Å²) in [4.78, 5) is 71.2. The van der Waals surface area contributed by atoms with Gasteiger partial charge in [0.25, 0.3) is 0 Å². The monoisotopic (exact) mass is 511 g/mol. The molecule has 0 aliphatic rings. The number of carbonyl (C=O) groups is 6. The maximum absolute atomic E-state index is 12.8. The quantitative estimate of drug-likeness (QED) is 0.119. The molecular formula is C21H29N5O8S. The van der Waals surface area contributed by atoms with Gasteiger partial charge >= 0.3 is 11.9 Å². The number of carboxylic acids is 2. The Bertz CT molecular complexity index is 930. The minimum Gasteiger partial charge on any atom is -0.481 e. The van der Waals surface area contributed by atoms with E-state index in [0.717, 1.165) is 0 Å². The van der Waals surface area contributed by atoms with Gasteiger partial charge in [-0.25, -0.2) is 4.79 Å². The minimum atomic E-state index is -1.42. The number of amides is 4. The van der Waals surface area contributed by atoms with E-state index in [1.54, 1.807) is 30.3 Å². The first kappa shape index (κ1) is 29.4. The molecule has 192 valence electrons. The van der Waals surface area contributed by atoms with Crippen LogP contribution in [0.1, 0.15) is 24.8 Å². The van der Waals surface area contributed by atoms with Crippen molar-refractivity contribution in [2.45, 2.75) is 49.9 Å². The van der Waals surface area contributed by atoms with Crippen molar-refractivity contribution in [1.29, 1.82) is 0 Å². The molecule has 1 aromatic carbocycles. The Balaban J connectivity index is 2.93. The van der Waals surface area contributed by atoms with Crippen LogP contribution in [-0.4, -0.2) is 75.7 Å². The molecule has 0 saturated heterocycles. The Morgan fingerprint density at radius 3 is 1.91 bits per heavy atom. The Morgan fingerprint density at radius 2 is 1.40 bits per heavy atom. The average molecular weight is 512 g/mol. The van der Waals surface area contributed by atoms with Crippen LogP contribution >= 0.6 is 12.6 Å². The third-order valence-electron chi connectivity index (χ3n) is 4.75. The Morgan fingerprint density at radius 1 is 0.857 bits per heavy atom. The number of carboxylic acid groups (broad SMARTS) is 2. The number of aliphatic carboxylic acids is 2. The number of carbonyl (C=O) groups excluding carboxylic acids is 4. The molecule has 0 spiro atoms. The van der Waals surface area contributed by atoms with Crippen molar-refractivity contribution in [1.82, 2.24) is 16.0 Å². The van der Waals surface area contributed by atoms with Crippen LogP contribution < -0.4 is 27.4 Å². The first-order valence-corrected chi connectivity index (χ1v) is 11.1. The molecule has 1 aromatic rings. The number of thiol groups is 1. The van der Waals surface area contributed by atoms with Crippen molar-refractivity contribution in [3.05, 3.63) is 35.9 Å². The smallest absolute Gasteiger partial charge is 0.326 e. The molecule has 0 saturated carbocycles. The molecule has 13 nitrogen and oxygen atoms in total. The fraction of sp³-hybridized carbons (Fsp3) is 0.429. The number of nitrogens with two attached hydrogens (primary N) is 2. The predicted octanol–water partition coefficient (Wildman–Crippen LogP) is -2.23. The molecule has 4 amide bonds. The number of rotatable bonds is 15. The standard InChI is InChI=1S/C21H29N5O8S/c22-12(9-16(23)27)18(30)26-15(10-35)20(32)24-13(6-7-17(28)29)19(31)25-14(21(33)34)8-11-4-2-1-3-5-11/h1-5,12-15,35H,6-10,22H2,(H2,23,27)(H,24,32)(H,25,31)(H,26,30)(H,28,29)(H,33,34). The normalized spacial score (nSPS) is 14.0. The van der Waals surface area contributed by atoms with Crippen molar-refractivity contribution in [3.63, 3.8) is 0 Å². The Labute approximate surface area is 206 Å². The van der Waals surface area contributed by atoms with Crippen molar-refractivity contribution in [3.8, 4) is 0 Å². The lowest BCUT2D eigenvalue weighted by Crippen LogP contribution is -2.58. The van der Waals surface area contributed by atoms with Gasteiger partial charge in [0.1, 0.15) is 18.1 Å².